The number of carboxylic acid groups (broad SMARTS) is 1. The molecule has 0 fully saturated rings. The number of ether oxygens (including phenoxy) is 2. The van der Waals surface area contributed by atoms with Gasteiger partial charge in [0.05, 0.1) is 48.3 Å². The topological polar surface area (TPSA) is 147 Å². The molecule has 0 saturated heterocycles. The average Bonchev–Trinajstić information content (AvgIpc) is 3.71. The van der Waals surface area contributed by atoms with E-state index in [2.05, 4.69) is 30.4 Å². The highest BCUT2D eigenvalue weighted by Crippen LogP contribution is 2.43. The SMILES string of the molecule is C=Cc1c(C)c2cc3nc(c(CC(=O)OC)c4[nH]c(cc5nc(cc1[nH]2)C(C)=C5CC)c(C)c4C(=O)O)[C@@H](CCCOC=O)[C@@H]3C. The highest BCUT2D eigenvalue weighted by molar-refractivity contribution is 6.02. The number of aromatic amines is 2. The van der Waals surface area contributed by atoms with Crippen LogP contribution in [0.2, 0.25) is 0 Å². The zero-order valence-corrected chi connectivity index (χ0v) is 27.2. The molecule has 3 aromatic rings. The van der Waals surface area contributed by atoms with Gasteiger partial charge in [0, 0.05) is 45.2 Å². The molecule has 0 spiro atoms. The standard InChI is InChI=1S/C36H40N4O6/c1-8-22-18(3)26-14-28-20(5)24(11-10-12-46-17-41)34(39-28)25(13-32(42)45-7)35-33(36(43)44)21(6)29(40-35)16-31-23(9-2)19(4)27(38-31)15-30(22)37-26/h8,14-17,20,24,37,40H,1,9-13H2,2-7H3,(H,43,44)/t20-,24-/m0/s1. The smallest absolute Gasteiger partial charge is 0.338 e. The van der Waals surface area contributed by atoms with Gasteiger partial charge in [-0.3, -0.25) is 14.6 Å². The fraction of sp³-hybridized carbons (Fsp3) is 0.361. The third-order valence-corrected chi connectivity index (χ3v) is 9.34. The van der Waals surface area contributed by atoms with Crippen molar-refractivity contribution in [2.45, 2.75) is 72.1 Å². The van der Waals surface area contributed by atoms with Crippen molar-refractivity contribution >= 4 is 57.7 Å². The zero-order valence-electron chi connectivity index (χ0n) is 27.2. The number of hydrogen-bond donors (Lipinski definition) is 3. The maximum atomic E-state index is 12.9. The first-order chi connectivity index (χ1) is 22.0. The van der Waals surface area contributed by atoms with Gasteiger partial charge < -0.3 is 24.5 Å². The molecule has 0 unspecified atom stereocenters. The minimum absolute atomic E-state index is 0.0680. The molecule has 10 heteroatoms. The van der Waals surface area contributed by atoms with Crippen LogP contribution in [0.3, 0.4) is 0 Å². The van der Waals surface area contributed by atoms with Gasteiger partial charge in [0.2, 0.25) is 0 Å². The van der Waals surface area contributed by atoms with Crippen LogP contribution in [0, 0.1) is 13.8 Å². The molecule has 0 saturated carbocycles. The lowest BCUT2D eigenvalue weighted by atomic mass is 9.85. The van der Waals surface area contributed by atoms with Gasteiger partial charge in [0.1, 0.15) is 0 Å². The Kier molecular flexibility index (Phi) is 9.27. The van der Waals surface area contributed by atoms with Crippen molar-refractivity contribution in [1.82, 2.24) is 19.9 Å². The summed E-state index contributed by atoms with van der Waals surface area (Å²) >= 11 is 0. The number of methoxy groups -OCH3 is 1. The molecule has 10 nitrogen and oxygen atoms in total. The fourth-order valence-corrected chi connectivity index (χ4v) is 6.75. The van der Waals surface area contributed by atoms with E-state index in [1.54, 1.807) is 6.92 Å². The summed E-state index contributed by atoms with van der Waals surface area (Å²) in [6.45, 7) is 14.7. The summed E-state index contributed by atoms with van der Waals surface area (Å²) in [5, 5.41) is 10.5. The van der Waals surface area contributed by atoms with Crippen molar-refractivity contribution in [2.24, 2.45) is 0 Å². The summed E-state index contributed by atoms with van der Waals surface area (Å²) in [6, 6.07) is 5.93. The molecule has 3 aromatic heterocycles. The monoisotopic (exact) mass is 624 g/mol. The second kappa shape index (κ2) is 13.2. The molecule has 0 aliphatic carbocycles. The van der Waals surface area contributed by atoms with Crippen molar-refractivity contribution < 1.29 is 29.0 Å². The molecule has 2 atom stereocenters. The maximum Gasteiger partial charge on any atom is 0.338 e. The number of nitrogens with one attached hydrogen (secondary N) is 2. The van der Waals surface area contributed by atoms with Crippen LogP contribution in [-0.4, -0.2) is 57.2 Å². The van der Waals surface area contributed by atoms with Crippen LogP contribution in [0.5, 0.6) is 0 Å². The van der Waals surface area contributed by atoms with Crippen molar-refractivity contribution in [3.8, 4) is 0 Å². The summed E-state index contributed by atoms with van der Waals surface area (Å²) < 4.78 is 10.1. The number of hydrogen-bond acceptors (Lipinski definition) is 7. The summed E-state index contributed by atoms with van der Waals surface area (Å²) in [5.41, 5.74) is 10.7. The van der Waals surface area contributed by atoms with Gasteiger partial charge >= 0.3 is 11.9 Å². The summed E-state index contributed by atoms with van der Waals surface area (Å²) in [7, 11) is 1.31. The number of esters is 1. The molecular formula is C36H40N4O6. The molecule has 5 rings (SSSR count). The van der Waals surface area contributed by atoms with E-state index in [4.69, 9.17) is 19.4 Å². The lowest BCUT2D eigenvalue weighted by Crippen LogP contribution is -2.12. The normalized spacial score (nSPS) is 16.0. The van der Waals surface area contributed by atoms with E-state index in [-0.39, 0.29) is 30.4 Å². The predicted molar refractivity (Wildman–Crippen MR) is 178 cm³/mol. The largest absolute Gasteiger partial charge is 0.478 e. The number of rotatable bonds is 10. The van der Waals surface area contributed by atoms with Crippen LogP contribution in [0.25, 0.3) is 39.3 Å². The maximum absolute atomic E-state index is 12.9. The lowest BCUT2D eigenvalue weighted by Gasteiger charge is -2.18. The molecule has 240 valence electrons. The van der Waals surface area contributed by atoms with Gasteiger partial charge in [-0.25, -0.2) is 9.78 Å². The highest BCUT2D eigenvalue weighted by atomic mass is 16.5. The molecule has 0 aromatic carbocycles. The van der Waals surface area contributed by atoms with Crippen molar-refractivity contribution in [2.75, 3.05) is 13.7 Å². The Balaban J connectivity index is 1.99. The second-order valence-electron chi connectivity index (χ2n) is 11.8. The van der Waals surface area contributed by atoms with Crippen LogP contribution >= 0.6 is 0 Å². The first-order valence-electron chi connectivity index (χ1n) is 15.5. The van der Waals surface area contributed by atoms with Crippen molar-refractivity contribution in [3.63, 3.8) is 0 Å². The lowest BCUT2D eigenvalue weighted by molar-refractivity contribution is -0.139. The fourth-order valence-electron chi connectivity index (χ4n) is 6.75. The summed E-state index contributed by atoms with van der Waals surface area (Å²) in [5.74, 6) is -1.93. The van der Waals surface area contributed by atoms with E-state index in [0.29, 0.717) is 47.2 Å². The minimum Gasteiger partial charge on any atom is -0.478 e. The summed E-state index contributed by atoms with van der Waals surface area (Å²) in [4.78, 5) is 53.7. The number of aromatic nitrogens is 4. The van der Waals surface area contributed by atoms with Gasteiger partial charge in [-0.05, 0) is 80.5 Å². The Morgan fingerprint density at radius 2 is 1.76 bits per heavy atom. The van der Waals surface area contributed by atoms with E-state index < -0.39 is 11.9 Å². The molecular weight excluding hydrogens is 584 g/mol. The number of aryl methyl sites for hydroxylation is 2. The molecule has 5 heterocycles. The van der Waals surface area contributed by atoms with Gasteiger partial charge in [-0.15, -0.1) is 0 Å². The summed E-state index contributed by atoms with van der Waals surface area (Å²) in [6.07, 6.45) is 3.54. The quantitative estimate of drug-likeness (QED) is 0.122. The molecule has 2 aliphatic heterocycles. The third-order valence-electron chi connectivity index (χ3n) is 9.34. The molecule has 0 radical (unpaired) electrons. The predicted octanol–water partition coefficient (Wildman–Crippen LogP) is 7.17. The van der Waals surface area contributed by atoms with Gasteiger partial charge in [0.15, 0.2) is 0 Å². The Labute approximate surface area is 267 Å². The van der Waals surface area contributed by atoms with Gasteiger partial charge in [-0.2, -0.15) is 0 Å². The van der Waals surface area contributed by atoms with Crippen LogP contribution in [-0.2, 0) is 25.5 Å². The van der Waals surface area contributed by atoms with Crippen molar-refractivity contribution in [1.29, 1.82) is 0 Å². The Hall–Kier alpha value is -4.99. The number of fused-ring (bicyclic) bond motifs is 8. The Morgan fingerprint density at radius 3 is 2.41 bits per heavy atom. The Bertz CT molecular complexity index is 1950. The number of allylic oxidation sites excluding steroid dienone is 2. The molecule has 2 aliphatic rings. The van der Waals surface area contributed by atoms with E-state index in [9.17, 15) is 19.5 Å². The van der Waals surface area contributed by atoms with E-state index in [1.165, 1.54) is 7.11 Å². The average molecular weight is 625 g/mol. The first-order valence-corrected chi connectivity index (χ1v) is 15.5. The number of carboxylic acids is 1. The first kappa shape index (κ1) is 32.4. The molecule has 0 amide bonds. The third kappa shape index (κ3) is 5.75. The number of aromatic carboxylic acids is 1. The number of nitrogens with zero attached hydrogens (tertiary/aromatic N) is 2. The van der Waals surface area contributed by atoms with Gasteiger partial charge in [0.25, 0.3) is 6.47 Å². The van der Waals surface area contributed by atoms with Crippen molar-refractivity contribution in [3.05, 3.63) is 75.4 Å². The van der Waals surface area contributed by atoms with Crippen LogP contribution in [0.15, 0.2) is 24.8 Å². The number of carbonyl (C=O) groups excluding carboxylic acids is 2. The molecule has 8 bridgehead atoms. The number of H-pyrrole nitrogens is 2. The van der Waals surface area contributed by atoms with Crippen LogP contribution in [0.1, 0.15) is 107 Å². The van der Waals surface area contributed by atoms with E-state index in [0.717, 1.165) is 56.8 Å². The molecule has 46 heavy (non-hydrogen) atoms. The minimum atomic E-state index is -1.12. The second-order valence-corrected chi connectivity index (χ2v) is 11.8. The van der Waals surface area contributed by atoms with Gasteiger partial charge in [-0.1, -0.05) is 26.5 Å². The van der Waals surface area contributed by atoms with Crippen LogP contribution < -0.4 is 0 Å². The highest BCUT2D eigenvalue weighted by Gasteiger charge is 2.33. The van der Waals surface area contributed by atoms with Crippen LogP contribution in [0.4, 0.5) is 0 Å². The molecule has 3 N–H and O–H groups in total. The zero-order chi connectivity index (χ0) is 33.3. The number of carbonyl (C=O) groups is 3. The van der Waals surface area contributed by atoms with E-state index >= 15 is 0 Å². The Morgan fingerprint density at radius 1 is 1.04 bits per heavy atom. The van der Waals surface area contributed by atoms with E-state index in [1.807, 2.05) is 38.1 Å².